The van der Waals surface area contributed by atoms with Crippen molar-refractivity contribution in [2.75, 3.05) is 19.6 Å². The molecule has 0 aromatic carbocycles. The summed E-state index contributed by atoms with van der Waals surface area (Å²) in [7, 11) is -4.13. The van der Waals surface area contributed by atoms with Crippen molar-refractivity contribution in [1.29, 1.82) is 0 Å². The zero-order valence-corrected chi connectivity index (χ0v) is 9.30. The summed E-state index contributed by atoms with van der Waals surface area (Å²) in [6.07, 6.45) is 0.203. The molecule has 90 valence electrons. The maximum absolute atomic E-state index is 12.9. The van der Waals surface area contributed by atoms with Gasteiger partial charge >= 0.3 is 0 Å². The van der Waals surface area contributed by atoms with E-state index in [9.17, 15) is 17.2 Å². The minimum Gasteiger partial charge on any atom is -0.296 e. The van der Waals surface area contributed by atoms with Crippen LogP contribution in [0.25, 0.3) is 0 Å². The third-order valence-electron chi connectivity index (χ3n) is 2.50. The summed E-state index contributed by atoms with van der Waals surface area (Å²) in [5.41, 5.74) is 0. The second-order valence-electron chi connectivity index (χ2n) is 4.02. The summed E-state index contributed by atoms with van der Waals surface area (Å²) < 4.78 is 56.0. The van der Waals surface area contributed by atoms with E-state index in [0.29, 0.717) is 13.0 Å². The van der Waals surface area contributed by atoms with Crippen molar-refractivity contribution in [3.63, 3.8) is 0 Å². The largest absolute Gasteiger partial charge is 0.296 e. The Morgan fingerprint density at radius 2 is 2.13 bits per heavy atom. The highest BCUT2D eigenvalue weighted by molar-refractivity contribution is 7.86. The predicted octanol–water partition coefficient (Wildman–Crippen LogP) is 0.994. The van der Waals surface area contributed by atoms with E-state index in [4.69, 9.17) is 4.55 Å². The van der Waals surface area contributed by atoms with Crippen LogP contribution in [0.1, 0.15) is 19.8 Å². The first-order valence-corrected chi connectivity index (χ1v) is 6.27. The van der Waals surface area contributed by atoms with E-state index in [1.54, 1.807) is 0 Å². The van der Waals surface area contributed by atoms with E-state index in [1.165, 1.54) is 11.8 Å². The van der Waals surface area contributed by atoms with Crippen molar-refractivity contribution in [3.05, 3.63) is 0 Å². The molecule has 1 aliphatic rings. The lowest BCUT2D eigenvalue weighted by atomic mass is 10.1. The molecule has 1 unspecified atom stereocenters. The fraction of sp³-hybridized carbons (Fsp3) is 1.00. The minimum atomic E-state index is -4.13. The molecule has 0 saturated carbocycles. The van der Waals surface area contributed by atoms with E-state index in [1.807, 2.05) is 0 Å². The Morgan fingerprint density at radius 3 is 2.60 bits per heavy atom. The molecule has 0 aromatic rings. The third-order valence-corrected chi connectivity index (χ3v) is 3.66. The third kappa shape index (κ3) is 4.00. The molecule has 1 saturated heterocycles. The minimum absolute atomic E-state index is 0.0472. The van der Waals surface area contributed by atoms with Crippen LogP contribution in [0, 0.1) is 0 Å². The molecule has 1 aliphatic heterocycles. The van der Waals surface area contributed by atoms with E-state index in [-0.39, 0.29) is 13.0 Å². The summed E-state index contributed by atoms with van der Waals surface area (Å²) in [5, 5.41) is -1.02. The van der Waals surface area contributed by atoms with Crippen LogP contribution in [-0.4, -0.2) is 48.7 Å². The number of piperidine rings is 1. The number of hydrogen-bond donors (Lipinski definition) is 1. The molecule has 4 nitrogen and oxygen atoms in total. The summed E-state index contributed by atoms with van der Waals surface area (Å²) in [6.45, 7) is 1.29. The smallest absolute Gasteiger partial charge is 0.268 e. The van der Waals surface area contributed by atoms with Gasteiger partial charge in [0.05, 0.1) is 11.8 Å². The van der Waals surface area contributed by atoms with Crippen molar-refractivity contribution < 1.29 is 21.8 Å². The van der Waals surface area contributed by atoms with Crippen LogP contribution in [0.15, 0.2) is 0 Å². The molecule has 1 atom stereocenters. The summed E-state index contributed by atoms with van der Waals surface area (Å²) in [6, 6.07) is 0. The first-order chi connectivity index (χ1) is 6.71. The van der Waals surface area contributed by atoms with Crippen LogP contribution < -0.4 is 0 Å². The summed E-state index contributed by atoms with van der Waals surface area (Å²) >= 11 is 0. The highest BCUT2D eigenvalue weighted by Gasteiger charge is 2.36. The van der Waals surface area contributed by atoms with Crippen molar-refractivity contribution in [1.82, 2.24) is 4.90 Å². The van der Waals surface area contributed by atoms with E-state index >= 15 is 0 Å². The fourth-order valence-corrected chi connectivity index (χ4v) is 2.06. The number of halogens is 2. The quantitative estimate of drug-likeness (QED) is 0.751. The molecule has 0 bridgehead atoms. The standard InChI is InChI=1S/C8H15F2NO3S/c1-7(15(12,13)14)5-11-4-2-3-8(9,10)6-11/h7H,2-6H2,1H3,(H,12,13,14). The van der Waals surface area contributed by atoms with Crippen molar-refractivity contribution in [2.24, 2.45) is 0 Å². The molecule has 15 heavy (non-hydrogen) atoms. The molecule has 1 N–H and O–H groups in total. The Bertz CT molecular complexity index is 318. The molecular formula is C8H15F2NO3S. The highest BCUT2D eigenvalue weighted by Crippen LogP contribution is 2.26. The maximum atomic E-state index is 12.9. The lowest BCUT2D eigenvalue weighted by Gasteiger charge is -2.33. The average molecular weight is 243 g/mol. The van der Waals surface area contributed by atoms with Crippen molar-refractivity contribution in [2.45, 2.75) is 30.9 Å². The zero-order chi connectivity index (χ0) is 11.7. The Morgan fingerprint density at radius 1 is 1.53 bits per heavy atom. The Labute approximate surface area is 88.0 Å². The van der Waals surface area contributed by atoms with Crippen LogP contribution in [-0.2, 0) is 10.1 Å². The Hall–Kier alpha value is -0.270. The van der Waals surface area contributed by atoms with Gasteiger partial charge in [0.2, 0.25) is 0 Å². The molecule has 1 rings (SSSR count). The van der Waals surface area contributed by atoms with Crippen LogP contribution in [0.3, 0.4) is 0 Å². The SMILES string of the molecule is CC(CN1CCCC(F)(F)C1)S(=O)(=O)O. The average Bonchev–Trinajstić information content (AvgIpc) is 2.00. The monoisotopic (exact) mass is 243 g/mol. The van der Waals surface area contributed by atoms with Gasteiger partial charge in [-0.05, 0) is 19.9 Å². The topological polar surface area (TPSA) is 57.6 Å². The normalized spacial score (nSPS) is 25.1. The van der Waals surface area contributed by atoms with Gasteiger partial charge < -0.3 is 0 Å². The van der Waals surface area contributed by atoms with Gasteiger partial charge in [0, 0.05) is 13.0 Å². The van der Waals surface area contributed by atoms with E-state index in [0.717, 1.165) is 0 Å². The van der Waals surface area contributed by atoms with Gasteiger partial charge in [-0.15, -0.1) is 0 Å². The van der Waals surface area contributed by atoms with Crippen LogP contribution in [0.5, 0.6) is 0 Å². The molecule has 0 amide bonds. The zero-order valence-electron chi connectivity index (χ0n) is 8.49. The molecule has 1 fully saturated rings. The molecular weight excluding hydrogens is 228 g/mol. The van der Waals surface area contributed by atoms with Gasteiger partial charge in [-0.1, -0.05) is 0 Å². The van der Waals surface area contributed by atoms with Crippen molar-refractivity contribution >= 4 is 10.1 Å². The van der Waals surface area contributed by atoms with Gasteiger partial charge in [0.25, 0.3) is 16.0 Å². The number of alkyl halides is 2. The first-order valence-electron chi connectivity index (χ1n) is 4.77. The number of hydrogen-bond acceptors (Lipinski definition) is 3. The van der Waals surface area contributed by atoms with Gasteiger partial charge in [0.15, 0.2) is 0 Å². The number of rotatable bonds is 3. The molecule has 0 aliphatic carbocycles. The lowest BCUT2D eigenvalue weighted by molar-refractivity contribution is -0.0636. The van der Waals surface area contributed by atoms with Crippen molar-refractivity contribution in [3.8, 4) is 0 Å². The molecule has 0 aromatic heterocycles. The predicted molar refractivity (Wildman–Crippen MR) is 51.6 cm³/mol. The second kappa shape index (κ2) is 4.31. The molecule has 1 heterocycles. The molecule has 7 heteroatoms. The fourth-order valence-electron chi connectivity index (χ4n) is 1.66. The van der Waals surface area contributed by atoms with Crippen LogP contribution >= 0.6 is 0 Å². The van der Waals surface area contributed by atoms with Gasteiger partial charge in [-0.25, -0.2) is 8.78 Å². The summed E-state index contributed by atoms with van der Waals surface area (Å²) in [4.78, 5) is 1.38. The second-order valence-corrected chi connectivity index (χ2v) is 5.85. The highest BCUT2D eigenvalue weighted by atomic mass is 32.2. The van der Waals surface area contributed by atoms with Crippen LogP contribution in [0.4, 0.5) is 8.78 Å². The van der Waals surface area contributed by atoms with Gasteiger partial charge in [-0.3, -0.25) is 9.45 Å². The lowest BCUT2D eigenvalue weighted by Crippen LogP contribution is -2.46. The Kier molecular flexibility index (Phi) is 3.67. The summed E-state index contributed by atoms with van der Waals surface area (Å²) in [5.74, 6) is -2.74. The molecule has 0 radical (unpaired) electrons. The van der Waals surface area contributed by atoms with E-state index < -0.39 is 27.8 Å². The van der Waals surface area contributed by atoms with Gasteiger partial charge in [0.1, 0.15) is 0 Å². The van der Waals surface area contributed by atoms with Gasteiger partial charge in [-0.2, -0.15) is 8.42 Å². The Balaban J connectivity index is 2.53. The van der Waals surface area contributed by atoms with Crippen LogP contribution in [0.2, 0.25) is 0 Å². The number of likely N-dealkylation sites (tertiary alicyclic amines) is 1. The maximum Gasteiger partial charge on any atom is 0.268 e. The number of nitrogens with zero attached hydrogens (tertiary/aromatic N) is 1. The van der Waals surface area contributed by atoms with E-state index in [2.05, 4.69) is 0 Å². The molecule has 0 spiro atoms. The first kappa shape index (κ1) is 12.8.